The molecule has 17 heavy (non-hydrogen) atoms. The molecule has 0 atom stereocenters. The summed E-state index contributed by atoms with van der Waals surface area (Å²) < 4.78 is 30.5. The van der Waals surface area contributed by atoms with Crippen molar-refractivity contribution in [3.63, 3.8) is 0 Å². The van der Waals surface area contributed by atoms with Crippen LogP contribution in [0, 0.1) is 10.1 Å². The first kappa shape index (κ1) is 12.9. The van der Waals surface area contributed by atoms with E-state index in [-0.39, 0.29) is 12.1 Å². The lowest BCUT2D eigenvalue weighted by atomic mass is 10.2. The van der Waals surface area contributed by atoms with Gasteiger partial charge in [0.2, 0.25) is 6.41 Å². The van der Waals surface area contributed by atoms with Crippen molar-refractivity contribution in [2.75, 3.05) is 11.1 Å². The van der Waals surface area contributed by atoms with Gasteiger partial charge in [0.1, 0.15) is 10.6 Å². The fourth-order valence-electron chi connectivity index (χ4n) is 1.14. The second-order valence-corrected chi connectivity index (χ2v) is 4.29. The Morgan fingerprint density at radius 2 is 2.06 bits per heavy atom. The van der Waals surface area contributed by atoms with Crippen molar-refractivity contribution in [2.45, 2.75) is 4.90 Å². The second kappa shape index (κ2) is 4.35. The highest BCUT2D eigenvalue weighted by Crippen LogP contribution is 2.31. The number of nitrogens with two attached hydrogens (primary N) is 1. The molecule has 0 fully saturated rings. The Bertz CT molecular complexity index is 582. The zero-order valence-corrected chi connectivity index (χ0v) is 8.97. The van der Waals surface area contributed by atoms with Crippen LogP contribution in [0.5, 0.6) is 0 Å². The molecule has 1 rings (SSSR count). The SMILES string of the molecule is Nc1cc(NC=O)c([N+](=O)[O-])cc1S(=O)(=O)O. The van der Waals surface area contributed by atoms with E-state index in [0.29, 0.717) is 6.07 Å². The van der Waals surface area contributed by atoms with E-state index in [1.165, 1.54) is 0 Å². The number of hydrogen-bond acceptors (Lipinski definition) is 6. The van der Waals surface area contributed by atoms with Crippen LogP contribution in [-0.4, -0.2) is 24.3 Å². The van der Waals surface area contributed by atoms with E-state index in [2.05, 4.69) is 0 Å². The summed E-state index contributed by atoms with van der Waals surface area (Å²) in [7, 11) is -4.67. The third-order valence-corrected chi connectivity index (χ3v) is 2.73. The Balaban J connectivity index is 3.56. The molecule has 9 nitrogen and oxygen atoms in total. The third-order valence-electron chi connectivity index (χ3n) is 1.82. The lowest BCUT2D eigenvalue weighted by molar-refractivity contribution is -0.384. The van der Waals surface area contributed by atoms with Crippen LogP contribution in [0.15, 0.2) is 17.0 Å². The molecule has 1 aromatic carbocycles. The highest BCUT2D eigenvalue weighted by molar-refractivity contribution is 7.86. The second-order valence-electron chi connectivity index (χ2n) is 2.90. The minimum absolute atomic E-state index is 0.175. The molecule has 0 radical (unpaired) electrons. The standard InChI is InChI=1S/C7H7N3O6S/c8-4-1-5(9-3-11)6(10(12)13)2-7(4)17(14,15)16/h1-3H,8H2,(H,9,11)(H,14,15,16). The van der Waals surface area contributed by atoms with E-state index >= 15 is 0 Å². The first-order valence-electron chi connectivity index (χ1n) is 4.03. The number of hydrogen-bond donors (Lipinski definition) is 3. The Morgan fingerprint density at radius 1 is 1.47 bits per heavy atom. The first-order chi connectivity index (χ1) is 7.77. The smallest absolute Gasteiger partial charge is 0.296 e. The number of nitrogens with zero attached hydrogens (tertiary/aromatic N) is 1. The third kappa shape index (κ3) is 2.68. The van der Waals surface area contributed by atoms with Crippen LogP contribution >= 0.6 is 0 Å². The maximum absolute atomic E-state index is 10.9. The maximum atomic E-state index is 10.9. The van der Waals surface area contributed by atoms with Crippen molar-refractivity contribution in [3.05, 3.63) is 22.2 Å². The van der Waals surface area contributed by atoms with Gasteiger partial charge in [0.15, 0.2) is 0 Å². The average molecular weight is 261 g/mol. The first-order valence-corrected chi connectivity index (χ1v) is 5.47. The molecular formula is C7H7N3O6S. The topological polar surface area (TPSA) is 153 Å². The minimum Gasteiger partial charge on any atom is -0.398 e. The zero-order valence-electron chi connectivity index (χ0n) is 8.15. The van der Waals surface area contributed by atoms with Crippen molar-refractivity contribution >= 4 is 33.6 Å². The van der Waals surface area contributed by atoms with Crippen LogP contribution in [-0.2, 0) is 14.9 Å². The summed E-state index contributed by atoms with van der Waals surface area (Å²) in [6.07, 6.45) is 0.175. The number of anilines is 2. The molecule has 0 aliphatic rings. The maximum Gasteiger partial charge on any atom is 0.296 e. The van der Waals surface area contributed by atoms with Gasteiger partial charge in [-0.05, 0) is 6.07 Å². The minimum atomic E-state index is -4.67. The Hall–Kier alpha value is -2.20. The fourth-order valence-corrected chi connectivity index (χ4v) is 1.76. The molecule has 4 N–H and O–H groups in total. The van der Waals surface area contributed by atoms with Crippen LogP contribution < -0.4 is 11.1 Å². The number of nitro groups is 1. The van der Waals surface area contributed by atoms with Crippen molar-refractivity contribution in [2.24, 2.45) is 0 Å². The van der Waals surface area contributed by atoms with Gasteiger partial charge >= 0.3 is 0 Å². The fraction of sp³-hybridized carbons (Fsp3) is 0. The number of rotatable bonds is 4. The van der Waals surface area contributed by atoms with Gasteiger partial charge in [-0.3, -0.25) is 19.5 Å². The molecule has 1 aromatic rings. The number of benzene rings is 1. The molecule has 0 aliphatic heterocycles. The van der Waals surface area contributed by atoms with Crippen molar-refractivity contribution in [1.82, 2.24) is 0 Å². The summed E-state index contributed by atoms with van der Waals surface area (Å²) in [6.45, 7) is 0. The molecule has 0 aromatic heterocycles. The summed E-state index contributed by atoms with van der Waals surface area (Å²) in [5, 5.41) is 12.6. The van der Waals surface area contributed by atoms with Crippen LogP contribution in [0.1, 0.15) is 0 Å². The van der Waals surface area contributed by atoms with Crippen LogP contribution in [0.2, 0.25) is 0 Å². The molecule has 1 amide bonds. The number of nitro benzene ring substituents is 1. The van der Waals surface area contributed by atoms with Crippen LogP contribution in [0.25, 0.3) is 0 Å². The summed E-state index contributed by atoms with van der Waals surface area (Å²) in [5.41, 5.74) is 3.91. The number of carbonyl (C=O) groups is 1. The number of carbonyl (C=O) groups excluding carboxylic acids is 1. The van der Waals surface area contributed by atoms with Crippen molar-refractivity contribution in [1.29, 1.82) is 0 Å². The lowest BCUT2D eigenvalue weighted by Gasteiger charge is -2.06. The summed E-state index contributed by atoms with van der Waals surface area (Å²) in [5.74, 6) is 0. The van der Waals surface area contributed by atoms with Gasteiger partial charge in [-0.1, -0.05) is 0 Å². The molecule has 0 aliphatic carbocycles. The lowest BCUT2D eigenvalue weighted by Crippen LogP contribution is -2.07. The van der Waals surface area contributed by atoms with E-state index < -0.39 is 31.3 Å². The molecule has 10 heteroatoms. The van der Waals surface area contributed by atoms with Gasteiger partial charge in [0.05, 0.1) is 10.6 Å². The highest BCUT2D eigenvalue weighted by Gasteiger charge is 2.23. The van der Waals surface area contributed by atoms with E-state index in [1.807, 2.05) is 5.32 Å². The number of nitrogens with one attached hydrogen (secondary N) is 1. The summed E-state index contributed by atoms with van der Waals surface area (Å²) in [4.78, 5) is 19.1. The largest absolute Gasteiger partial charge is 0.398 e. The molecule has 0 heterocycles. The van der Waals surface area contributed by atoms with Gasteiger partial charge in [-0.25, -0.2) is 0 Å². The molecule has 0 saturated heterocycles. The quantitative estimate of drug-likeness (QED) is 0.226. The highest BCUT2D eigenvalue weighted by atomic mass is 32.2. The van der Waals surface area contributed by atoms with Crippen molar-refractivity contribution in [3.8, 4) is 0 Å². The van der Waals surface area contributed by atoms with Crippen molar-refractivity contribution < 1.29 is 22.7 Å². The van der Waals surface area contributed by atoms with Crippen LogP contribution in [0.3, 0.4) is 0 Å². The Kier molecular flexibility index (Phi) is 3.29. The van der Waals surface area contributed by atoms with Gasteiger partial charge in [-0.2, -0.15) is 8.42 Å². The monoisotopic (exact) mass is 261 g/mol. The summed E-state index contributed by atoms with van der Waals surface area (Å²) in [6, 6.07) is 1.44. The van der Waals surface area contributed by atoms with E-state index in [9.17, 15) is 23.3 Å². The molecule has 0 saturated carbocycles. The molecule has 0 bridgehead atoms. The predicted octanol–water partition coefficient (Wildman–Crippen LogP) is -0.00800. The van der Waals surface area contributed by atoms with Gasteiger partial charge in [-0.15, -0.1) is 0 Å². The average Bonchev–Trinajstić information content (AvgIpc) is 2.15. The number of nitrogen functional groups attached to an aromatic ring is 1. The van der Waals surface area contributed by atoms with E-state index in [4.69, 9.17) is 10.3 Å². The zero-order chi connectivity index (χ0) is 13.2. The van der Waals surface area contributed by atoms with Gasteiger partial charge < -0.3 is 11.1 Å². The predicted molar refractivity (Wildman–Crippen MR) is 57.0 cm³/mol. The normalized spacial score (nSPS) is 10.9. The number of amides is 1. The Morgan fingerprint density at radius 3 is 2.47 bits per heavy atom. The van der Waals surface area contributed by atoms with Gasteiger partial charge in [0, 0.05) is 6.07 Å². The Labute approximate surface area is 95.1 Å². The molecule has 0 unspecified atom stereocenters. The molecule has 92 valence electrons. The van der Waals surface area contributed by atoms with E-state index in [0.717, 1.165) is 6.07 Å². The van der Waals surface area contributed by atoms with Crippen LogP contribution in [0.4, 0.5) is 17.1 Å². The molecule has 0 spiro atoms. The molecular weight excluding hydrogens is 254 g/mol. The van der Waals surface area contributed by atoms with E-state index in [1.54, 1.807) is 0 Å². The van der Waals surface area contributed by atoms with Gasteiger partial charge in [0.25, 0.3) is 15.8 Å². The summed E-state index contributed by atoms with van der Waals surface area (Å²) >= 11 is 0.